The average Bonchev–Trinajstić information content (AvgIpc) is 2.86. The number of hydrogen-bond acceptors (Lipinski definition) is 2. The van der Waals surface area contributed by atoms with E-state index >= 15 is 0 Å². The highest BCUT2D eigenvalue weighted by atomic mass is 16.1. The van der Waals surface area contributed by atoms with Crippen molar-refractivity contribution in [2.24, 2.45) is 7.05 Å². The molecule has 3 rings (SSSR count). The Morgan fingerprint density at radius 3 is 2.68 bits per heavy atom. The summed E-state index contributed by atoms with van der Waals surface area (Å²) in [5, 5.41) is 6.45. The van der Waals surface area contributed by atoms with Gasteiger partial charge in [-0.2, -0.15) is 5.10 Å². The maximum Gasteiger partial charge on any atom is 0.187 e. The minimum Gasteiger partial charge on any atom is -0.292 e. The number of carbonyl (C=O) groups excluding carboxylic acids is 1. The Bertz CT molecular complexity index is 738. The van der Waals surface area contributed by atoms with E-state index in [0.29, 0.717) is 12.1 Å². The van der Waals surface area contributed by atoms with E-state index in [0.717, 1.165) is 16.3 Å². The second-order valence-corrected chi connectivity index (χ2v) is 4.61. The summed E-state index contributed by atoms with van der Waals surface area (Å²) in [6, 6.07) is 15.9. The van der Waals surface area contributed by atoms with Gasteiger partial charge in [0, 0.05) is 19.7 Å². The number of aromatic nitrogens is 2. The Kier molecular flexibility index (Phi) is 2.88. The molecule has 94 valence electrons. The number of fused-ring (bicyclic) bond motifs is 1. The fourth-order valence-electron chi connectivity index (χ4n) is 2.27. The van der Waals surface area contributed by atoms with Gasteiger partial charge in [-0.05, 0) is 22.4 Å². The zero-order valence-electron chi connectivity index (χ0n) is 10.7. The molecule has 0 spiro atoms. The van der Waals surface area contributed by atoms with Crippen LogP contribution in [0.2, 0.25) is 0 Å². The van der Waals surface area contributed by atoms with Gasteiger partial charge in [0.2, 0.25) is 0 Å². The maximum absolute atomic E-state index is 12.2. The van der Waals surface area contributed by atoms with Crippen LogP contribution in [0.4, 0.5) is 0 Å². The largest absolute Gasteiger partial charge is 0.292 e. The van der Waals surface area contributed by atoms with Crippen molar-refractivity contribution in [3.05, 3.63) is 66.0 Å². The van der Waals surface area contributed by atoms with E-state index in [4.69, 9.17) is 0 Å². The van der Waals surface area contributed by atoms with E-state index in [1.54, 1.807) is 16.9 Å². The Labute approximate surface area is 111 Å². The van der Waals surface area contributed by atoms with Crippen LogP contribution in [-0.4, -0.2) is 15.6 Å². The normalized spacial score (nSPS) is 10.8. The topological polar surface area (TPSA) is 34.9 Å². The van der Waals surface area contributed by atoms with Crippen molar-refractivity contribution in [2.45, 2.75) is 6.42 Å². The number of ketones is 1. The molecule has 0 amide bonds. The molecule has 0 aliphatic heterocycles. The predicted octanol–water partition coefficient (Wildman–Crippen LogP) is 3.00. The maximum atomic E-state index is 12.2. The van der Waals surface area contributed by atoms with Gasteiger partial charge in [0.1, 0.15) is 5.69 Å². The lowest BCUT2D eigenvalue weighted by atomic mass is 10.00. The highest BCUT2D eigenvalue weighted by Gasteiger charge is 2.11. The van der Waals surface area contributed by atoms with Crippen LogP contribution in [0.25, 0.3) is 10.8 Å². The van der Waals surface area contributed by atoms with Crippen molar-refractivity contribution >= 4 is 16.6 Å². The Balaban J connectivity index is 1.95. The quantitative estimate of drug-likeness (QED) is 0.670. The first-order valence-corrected chi connectivity index (χ1v) is 6.23. The van der Waals surface area contributed by atoms with E-state index in [9.17, 15) is 4.79 Å². The lowest BCUT2D eigenvalue weighted by molar-refractivity contribution is 0.0988. The van der Waals surface area contributed by atoms with Crippen LogP contribution in [0.15, 0.2) is 54.7 Å². The molecule has 0 aliphatic carbocycles. The molecule has 0 atom stereocenters. The summed E-state index contributed by atoms with van der Waals surface area (Å²) < 4.78 is 1.65. The second-order valence-electron chi connectivity index (χ2n) is 4.61. The average molecular weight is 250 g/mol. The molecule has 19 heavy (non-hydrogen) atoms. The Hall–Kier alpha value is -2.42. The Morgan fingerprint density at radius 1 is 1.11 bits per heavy atom. The molecule has 0 N–H and O–H groups in total. The first kappa shape index (κ1) is 11.7. The summed E-state index contributed by atoms with van der Waals surface area (Å²) in [6.45, 7) is 0. The second kappa shape index (κ2) is 4.69. The van der Waals surface area contributed by atoms with Crippen molar-refractivity contribution in [3.63, 3.8) is 0 Å². The fourth-order valence-corrected chi connectivity index (χ4v) is 2.27. The van der Waals surface area contributed by atoms with Gasteiger partial charge in [-0.15, -0.1) is 0 Å². The van der Waals surface area contributed by atoms with E-state index in [1.807, 2.05) is 31.3 Å². The van der Waals surface area contributed by atoms with E-state index in [1.165, 1.54) is 0 Å². The fraction of sp³-hybridized carbons (Fsp3) is 0.125. The lowest BCUT2D eigenvalue weighted by Gasteiger charge is -2.04. The van der Waals surface area contributed by atoms with Crippen molar-refractivity contribution in [1.82, 2.24) is 9.78 Å². The molecule has 2 aromatic carbocycles. The molecular weight excluding hydrogens is 236 g/mol. The number of aryl methyl sites for hydroxylation is 1. The van der Waals surface area contributed by atoms with Gasteiger partial charge < -0.3 is 0 Å². The standard InChI is InChI=1S/C16H14N2O/c1-18-10-9-15(17-18)16(19)11-13-7-4-6-12-5-2-3-8-14(12)13/h2-10H,11H2,1H3. The van der Waals surface area contributed by atoms with Crippen molar-refractivity contribution in [2.75, 3.05) is 0 Å². The molecule has 0 fully saturated rings. The highest BCUT2D eigenvalue weighted by Crippen LogP contribution is 2.19. The first-order valence-electron chi connectivity index (χ1n) is 6.23. The molecule has 1 heterocycles. The third-order valence-corrected chi connectivity index (χ3v) is 3.23. The SMILES string of the molecule is Cn1ccc(C(=O)Cc2cccc3ccccc23)n1. The summed E-state index contributed by atoms with van der Waals surface area (Å²) in [6.07, 6.45) is 2.18. The zero-order chi connectivity index (χ0) is 13.2. The van der Waals surface area contributed by atoms with Gasteiger partial charge in [0.15, 0.2) is 5.78 Å². The third kappa shape index (κ3) is 2.27. The third-order valence-electron chi connectivity index (χ3n) is 3.23. The van der Waals surface area contributed by atoms with Crippen LogP contribution in [-0.2, 0) is 13.5 Å². The molecule has 0 aliphatic rings. The molecule has 3 aromatic rings. The molecule has 0 saturated heterocycles. The van der Waals surface area contributed by atoms with Gasteiger partial charge in [0.05, 0.1) is 0 Å². The van der Waals surface area contributed by atoms with E-state index in [-0.39, 0.29) is 5.78 Å². The Morgan fingerprint density at radius 2 is 1.89 bits per heavy atom. The van der Waals surface area contributed by atoms with Crippen LogP contribution in [0.1, 0.15) is 16.1 Å². The lowest BCUT2D eigenvalue weighted by Crippen LogP contribution is -2.05. The van der Waals surface area contributed by atoms with Gasteiger partial charge in [-0.3, -0.25) is 9.48 Å². The minimum atomic E-state index is 0.0527. The number of Topliss-reactive ketones (excluding diaryl/α,β-unsaturated/α-hetero) is 1. The molecule has 3 heteroatoms. The summed E-state index contributed by atoms with van der Waals surface area (Å²) in [7, 11) is 1.81. The minimum absolute atomic E-state index is 0.0527. The van der Waals surface area contributed by atoms with Gasteiger partial charge >= 0.3 is 0 Å². The molecule has 0 unspecified atom stereocenters. The van der Waals surface area contributed by atoms with E-state index < -0.39 is 0 Å². The molecule has 0 bridgehead atoms. The van der Waals surface area contributed by atoms with Crippen LogP contribution in [0.3, 0.4) is 0 Å². The molecule has 0 radical (unpaired) electrons. The zero-order valence-corrected chi connectivity index (χ0v) is 10.7. The molecule has 0 saturated carbocycles. The predicted molar refractivity (Wildman–Crippen MR) is 75.2 cm³/mol. The first-order chi connectivity index (χ1) is 9.24. The van der Waals surface area contributed by atoms with Crippen LogP contribution >= 0.6 is 0 Å². The number of nitrogens with zero attached hydrogens (tertiary/aromatic N) is 2. The summed E-state index contributed by atoms with van der Waals surface area (Å²) in [5.74, 6) is 0.0527. The van der Waals surface area contributed by atoms with E-state index in [2.05, 4.69) is 23.3 Å². The summed E-state index contributed by atoms with van der Waals surface area (Å²) in [4.78, 5) is 12.2. The highest BCUT2D eigenvalue weighted by molar-refractivity contribution is 5.98. The monoisotopic (exact) mass is 250 g/mol. The number of carbonyl (C=O) groups is 1. The van der Waals surface area contributed by atoms with Crippen molar-refractivity contribution in [3.8, 4) is 0 Å². The number of hydrogen-bond donors (Lipinski definition) is 0. The number of benzene rings is 2. The van der Waals surface area contributed by atoms with Crippen LogP contribution < -0.4 is 0 Å². The number of rotatable bonds is 3. The van der Waals surface area contributed by atoms with Gasteiger partial charge in [-0.1, -0.05) is 42.5 Å². The smallest absolute Gasteiger partial charge is 0.187 e. The van der Waals surface area contributed by atoms with Gasteiger partial charge in [-0.25, -0.2) is 0 Å². The summed E-state index contributed by atoms with van der Waals surface area (Å²) >= 11 is 0. The molecular formula is C16H14N2O. The van der Waals surface area contributed by atoms with Crippen molar-refractivity contribution < 1.29 is 4.79 Å². The van der Waals surface area contributed by atoms with Crippen molar-refractivity contribution in [1.29, 1.82) is 0 Å². The molecule has 3 nitrogen and oxygen atoms in total. The molecule has 1 aromatic heterocycles. The van der Waals surface area contributed by atoms with Crippen LogP contribution in [0.5, 0.6) is 0 Å². The van der Waals surface area contributed by atoms with Crippen LogP contribution in [0, 0.1) is 0 Å². The summed E-state index contributed by atoms with van der Waals surface area (Å²) in [5.41, 5.74) is 1.57. The van der Waals surface area contributed by atoms with Gasteiger partial charge in [0.25, 0.3) is 0 Å².